The van der Waals surface area contributed by atoms with Crippen molar-refractivity contribution < 1.29 is 32.3 Å². The van der Waals surface area contributed by atoms with E-state index in [1.165, 1.54) is 42.4 Å². The molecular formula is C24H28N2O7S. The number of carbonyl (C=O) groups excluding carboxylic acids is 3. The van der Waals surface area contributed by atoms with E-state index in [2.05, 4.69) is 5.32 Å². The van der Waals surface area contributed by atoms with Crippen molar-refractivity contribution in [1.82, 2.24) is 4.31 Å². The lowest BCUT2D eigenvalue weighted by atomic mass is 10.1. The standard InChI is InChI=1S/C24H28N2O7S/c1-15-13-26(14-16(2)32-15)34(30,31)22-11-7-20(8-12-22)24(29)33-18(4)23(28)25-21-9-5-19(6-10-21)17(3)27/h5-12,15-16,18H,13-14H2,1-4H3,(H,25,28)/t15-,16+,18-/m0/s1. The van der Waals surface area contributed by atoms with Gasteiger partial charge in [-0.2, -0.15) is 4.31 Å². The molecule has 1 heterocycles. The number of carbonyl (C=O) groups is 3. The monoisotopic (exact) mass is 488 g/mol. The molecule has 0 bridgehead atoms. The van der Waals surface area contributed by atoms with Crippen LogP contribution >= 0.6 is 0 Å². The number of esters is 1. The van der Waals surface area contributed by atoms with Gasteiger partial charge in [-0.25, -0.2) is 13.2 Å². The lowest BCUT2D eigenvalue weighted by Gasteiger charge is -2.34. The number of morpholine rings is 1. The molecule has 10 heteroatoms. The number of anilines is 1. The van der Waals surface area contributed by atoms with E-state index < -0.39 is 28.0 Å². The third kappa shape index (κ3) is 6.07. The van der Waals surface area contributed by atoms with Crippen molar-refractivity contribution in [3.05, 3.63) is 59.7 Å². The van der Waals surface area contributed by atoms with Crippen LogP contribution in [0.2, 0.25) is 0 Å². The third-order valence-electron chi connectivity index (χ3n) is 5.33. The quantitative estimate of drug-likeness (QED) is 0.470. The van der Waals surface area contributed by atoms with Crippen LogP contribution in [0.3, 0.4) is 0 Å². The second-order valence-electron chi connectivity index (χ2n) is 8.27. The van der Waals surface area contributed by atoms with E-state index in [0.29, 0.717) is 11.3 Å². The molecule has 1 amide bonds. The number of Topliss-reactive ketones (excluding diaryl/α,β-unsaturated/α-hetero) is 1. The van der Waals surface area contributed by atoms with E-state index in [9.17, 15) is 22.8 Å². The first kappa shape index (κ1) is 25.5. The van der Waals surface area contributed by atoms with Crippen LogP contribution < -0.4 is 5.32 Å². The van der Waals surface area contributed by atoms with Crippen molar-refractivity contribution in [2.75, 3.05) is 18.4 Å². The summed E-state index contributed by atoms with van der Waals surface area (Å²) in [6.45, 7) is 7.00. The second kappa shape index (κ2) is 10.5. The highest BCUT2D eigenvalue weighted by molar-refractivity contribution is 7.89. The lowest BCUT2D eigenvalue weighted by Crippen LogP contribution is -2.48. The molecule has 2 aromatic carbocycles. The number of ketones is 1. The first-order valence-electron chi connectivity index (χ1n) is 10.9. The second-order valence-corrected chi connectivity index (χ2v) is 10.2. The zero-order valence-electron chi connectivity index (χ0n) is 19.5. The summed E-state index contributed by atoms with van der Waals surface area (Å²) >= 11 is 0. The number of nitrogens with zero attached hydrogens (tertiary/aromatic N) is 1. The van der Waals surface area contributed by atoms with Crippen molar-refractivity contribution in [1.29, 1.82) is 0 Å². The van der Waals surface area contributed by atoms with Crippen LogP contribution in [0, 0.1) is 0 Å². The zero-order valence-corrected chi connectivity index (χ0v) is 20.3. The third-order valence-corrected chi connectivity index (χ3v) is 7.17. The Labute approximate surface area is 199 Å². The summed E-state index contributed by atoms with van der Waals surface area (Å²) in [5.41, 5.74) is 1.09. The Balaban J connectivity index is 1.61. The number of rotatable bonds is 7. The molecule has 3 rings (SSSR count). The van der Waals surface area contributed by atoms with E-state index in [1.54, 1.807) is 24.3 Å². The summed E-state index contributed by atoms with van der Waals surface area (Å²) in [5, 5.41) is 2.61. The fourth-order valence-electron chi connectivity index (χ4n) is 3.55. The van der Waals surface area contributed by atoms with Crippen LogP contribution in [0.15, 0.2) is 53.4 Å². The summed E-state index contributed by atoms with van der Waals surface area (Å²) in [4.78, 5) is 36.2. The van der Waals surface area contributed by atoms with Gasteiger partial charge in [0.15, 0.2) is 11.9 Å². The van der Waals surface area contributed by atoms with Gasteiger partial charge in [-0.1, -0.05) is 0 Å². The van der Waals surface area contributed by atoms with Crippen LogP contribution in [0.25, 0.3) is 0 Å². The highest BCUT2D eigenvalue weighted by atomic mass is 32.2. The molecule has 0 spiro atoms. The summed E-state index contributed by atoms with van der Waals surface area (Å²) in [5.74, 6) is -1.39. The Hall–Kier alpha value is -3.08. The van der Waals surface area contributed by atoms with Crippen molar-refractivity contribution in [2.24, 2.45) is 0 Å². The maximum absolute atomic E-state index is 12.9. The molecule has 34 heavy (non-hydrogen) atoms. The predicted molar refractivity (Wildman–Crippen MR) is 125 cm³/mol. The van der Waals surface area contributed by atoms with E-state index >= 15 is 0 Å². The van der Waals surface area contributed by atoms with Crippen LogP contribution in [-0.4, -0.2) is 61.8 Å². The van der Waals surface area contributed by atoms with Gasteiger partial charge in [-0.3, -0.25) is 9.59 Å². The Morgan fingerprint density at radius 3 is 2.03 bits per heavy atom. The number of amides is 1. The minimum absolute atomic E-state index is 0.0603. The number of ether oxygens (including phenoxy) is 2. The van der Waals surface area contributed by atoms with E-state index in [1.807, 2.05) is 13.8 Å². The molecule has 9 nitrogen and oxygen atoms in total. The van der Waals surface area contributed by atoms with Crippen LogP contribution in [0.4, 0.5) is 5.69 Å². The molecule has 0 aliphatic carbocycles. The first-order chi connectivity index (χ1) is 16.0. The average Bonchev–Trinajstić information content (AvgIpc) is 2.78. The zero-order chi connectivity index (χ0) is 25.0. The first-order valence-corrected chi connectivity index (χ1v) is 12.3. The van der Waals surface area contributed by atoms with Gasteiger partial charge >= 0.3 is 5.97 Å². The fraction of sp³-hybridized carbons (Fsp3) is 0.375. The number of hydrogen-bond acceptors (Lipinski definition) is 7. The van der Waals surface area contributed by atoms with Gasteiger partial charge in [-0.05, 0) is 76.2 Å². The number of hydrogen-bond donors (Lipinski definition) is 1. The Morgan fingerprint density at radius 1 is 0.971 bits per heavy atom. The molecule has 0 aromatic heterocycles. The smallest absolute Gasteiger partial charge is 0.338 e. The van der Waals surface area contributed by atoms with Gasteiger partial charge in [0.05, 0.1) is 22.7 Å². The molecule has 2 aromatic rings. The normalized spacial score (nSPS) is 19.8. The van der Waals surface area contributed by atoms with Gasteiger partial charge in [0.2, 0.25) is 10.0 Å². The summed E-state index contributed by atoms with van der Waals surface area (Å²) in [7, 11) is -3.73. The molecule has 1 saturated heterocycles. The van der Waals surface area contributed by atoms with Crippen LogP contribution in [0.5, 0.6) is 0 Å². The number of sulfonamides is 1. The maximum atomic E-state index is 12.9. The fourth-order valence-corrected chi connectivity index (χ4v) is 5.14. The lowest BCUT2D eigenvalue weighted by molar-refractivity contribution is -0.123. The Kier molecular flexibility index (Phi) is 7.86. The average molecular weight is 489 g/mol. The highest BCUT2D eigenvalue weighted by Gasteiger charge is 2.32. The number of benzene rings is 2. The SMILES string of the molecule is CC(=O)c1ccc(NC(=O)[C@H](C)OC(=O)c2ccc(S(=O)(=O)N3C[C@@H](C)O[C@@H](C)C3)cc2)cc1. The number of nitrogens with one attached hydrogen (secondary N) is 1. The van der Waals surface area contributed by atoms with Gasteiger partial charge in [0.25, 0.3) is 5.91 Å². The molecule has 1 aliphatic heterocycles. The highest BCUT2D eigenvalue weighted by Crippen LogP contribution is 2.22. The van der Waals surface area contributed by atoms with Crippen molar-refractivity contribution in [3.63, 3.8) is 0 Å². The van der Waals surface area contributed by atoms with E-state index in [4.69, 9.17) is 9.47 Å². The summed E-state index contributed by atoms with van der Waals surface area (Å²) in [6.07, 6.45) is -1.53. The minimum atomic E-state index is -3.73. The molecule has 1 N–H and O–H groups in total. The van der Waals surface area contributed by atoms with Gasteiger partial charge < -0.3 is 14.8 Å². The molecule has 3 atom stereocenters. The molecule has 0 radical (unpaired) electrons. The summed E-state index contributed by atoms with van der Waals surface area (Å²) < 4.78 is 38.1. The largest absolute Gasteiger partial charge is 0.449 e. The predicted octanol–water partition coefficient (Wildman–Crippen LogP) is 2.87. The van der Waals surface area contributed by atoms with Gasteiger partial charge in [-0.15, -0.1) is 0 Å². The van der Waals surface area contributed by atoms with Crippen molar-refractivity contribution in [2.45, 2.75) is 50.9 Å². The van der Waals surface area contributed by atoms with Gasteiger partial charge in [0, 0.05) is 24.3 Å². The topological polar surface area (TPSA) is 119 Å². The molecule has 0 unspecified atom stereocenters. The Morgan fingerprint density at radius 2 is 1.50 bits per heavy atom. The van der Waals surface area contributed by atoms with Gasteiger partial charge in [0.1, 0.15) is 0 Å². The molecule has 0 saturated carbocycles. The van der Waals surface area contributed by atoms with Crippen molar-refractivity contribution >= 4 is 33.4 Å². The van der Waals surface area contributed by atoms with Crippen LogP contribution in [-0.2, 0) is 24.3 Å². The van der Waals surface area contributed by atoms with Crippen molar-refractivity contribution in [3.8, 4) is 0 Å². The molecule has 1 fully saturated rings. The Bertz CT molecular complexity index is 1150. The van der Waals surface area contributed by atoms with E-state index in [0.717, 1.165) is 0 Å². The van der Waals surface area contributed by atoms with Crippen LogP contribution in [0.1, 0.15) is 48.4 Å². The molecular weight excluding hydrogens is 460 g/mol. The summed E-state index contributed by atoms with van der Waals surface area (Å²) in [6, 6.07) is 11.7. The minimum Gasteiger partial charge on any atom is -0.449 e. The maximum Gasteiger partial charge on any atom is 0.338 e. The molecule has 1 aliphatic rings. The van der Waals surface area contributed by atoms with E-state index in [-0.39, 0.29) is 41.5 Å². The molecule has 182 valence electrons.